The molecule has 0 aliphatic rings. The molecule has 1 aromatic carbocycles. The van der Waals surface area contributed by atoms with E-state index < -0.39 is 6.23 Å². The van der Waals surface area contributed by atoms with Gasteiger partial charge in [-0.25, -0.2) is 0 Å². The van der Waals surface area contributed by atoms with E-state index >= 15 is 0 Å². The first-order chi connectivity index (χ1) is 18.8. The topological polar surface area (TPSA) is 144 Å². The van der Waals surface area contributed by atoms with E-state index in [0.29, 0.717) is 49.4 Å². The van der Waals surface area contributed by atoms with Gasteiger partial charge in [0.05, 0.1) is 26.4 Å². The average molecular weight is 544 g/mol. The van der Waals surface area contributed by atoms with Crippen LogP contribution in [0.3, 0.4) is 0 Å². The summed E-state index contributed by atoms with van der Waals surface area (Å²) in [5.41, 5.74) is 9.30. The van der Waals surface area contributed by atoms with Crippen LogP contribution >= 0.6 is 0 Å². The zero-order valence-corrected chi connectivity index (χ0v) is 23.6. The standard InChI is InChI=1S/C27H43BN5O6/c1-21(2)8-6-12-31-27(35)23-9-5-10-24(18-23)39-20-26(32-33-29)38-17-16-37-19-25(34)30-13-15-36-14-7-11-28-22(3)4/h5,7,9-11,18,21-22,26H,6,8,12-17,19-20H2,1-4H3,(H,30,34)(H,31,35)/b11-7+. The zero-order valence-electron chi connectivity index (χ0n) is 23.6. The van der Waals surface area contributed by atoms with Crippen molar-refractivity contribution in [3.8, 4) is 5.75 Å². The molecule has 0 saturated heterocycles. The van der Waals surface area contributed by atoms with Crippen LogP contribution in [0.5, 0.6) is 5.75 Å². The normalized spacial score (nSPS) is 11.8. The highest BCUT2D eigenvalue weighted by atomic mass is 16.6. The molecule has 1 aromatic rings. The Labute approximate surface area is 232 Å². The lowest BCUT2D eigenvalue weighted by molar-refractivity contribution is -0.126. The zero-order chi connectivity index (χ0) is 28.7. The minimum atomic E-state index is -0.898. The number of carbonyl (C=O) groups excluding carboxylic acids is 2. The summed E-state index contributed by atoms with van der Waals surface area (Å²) in [5.74, 6) is 3.07. The number of nitrogens with one attached hydrogen (secondary N) is 2. The Hall–Kier alpha value is -3.05. The van der Waals surface area contributed by atoms with Crippen LogP contribution in [0.1, 0.15) is 50.9 Å². The summed E-state index contributed by atoms with van der Waals surface area (Å²) in [6.45, 7) is 10.4. The number of benzene rings is 1. The highest BCUT2D eigenvalue weighted by Crippen LogP contribution is 2.14. The molecule has 1 rings (SSSR count). The van der Waals surface area contributed by atoms with Crippen molar-refractivity contribution in [1.82, 2.24) is 10.6 Å². The molecule has 0 bridgehead atoms. The van der Waals surface area contributed by atoms with Gasteiger partial charge in [-0.1, -0.05) is 50.8 Å². The smallest absolute Gasteiger partial charge is 0.251 e. The second kappa shape index (κ2) is 21.8. The van der Waals surface area contributed by atoms with Gasteiger partial charge < -0.3 is 29.6 Å². The fraction of sp³-hybridized carbons (Fsp3) is 0.630. The summed E-state index contributed by atoms with van der Waals surface area (Å²) >= 11 is 0. The molecule has 215 valence electrons. The summed E-state index contributed by atoms with van der Waals surface area (Å²) in [7, 11) is 2.07. The molecule has 0 aromatic heterocycles. The van der Waals surface area contributed by atoms with E-state index in [1.165, 1.54) is 0 Å². The molecule has 1 unspecified atom stereocenters. The molecule has 12 heteroatoms. The number of ether oxygens (including phenoxy) is 4. The number of nitrogens with zero attached hydrogens (tertiary/aromatic N) is 3. The molecule has 0 heterocycles. The van der Waals surface area contributed by atoms with Crippen molar-refractivity contribution in [2.24, 2.45) is 11.0 Å². The van der Waals surface area contributed by atoms with Crippen LogP contribution in [0, 0.1) is 5.92 Å². The first-order valence-electron chi connectivity index (χ1n) is 13.4. The van der Waals surface area contributed by atoms with Crippen LogP contribution in [-0.2, 0) is 19.0 Å². The minimum Gasteiger partial charge on any atom is -0.491 e. The molecule has 2 amide bonds. The first-order valence-corrected chi connectivity index (χ1v) is 13.4. The highest BCUT2D eigenvalue weighted by Gasteiger charge is 2.11. The number of hydrogen-bond acceptors (Lipinski definition) is 7. The largest absolute Gasteiger partial charge is 0.491 e. The van der Waals surface area contributed by atoms with Gasteiger partial charge in [-0.05, 0) is 42.5 Å². The molecule has 0 fully saturated rings. The van der Waals surface area contributed by atoms with Crippen molar-refractivity contribution < 1.29 is 28.5 Å². The molecule has 0 spiro atoms. The van der Waals surface area contributed by atoms with Crippen molar-refractivity contribution in [1.29, 1.82) is 0 Å². The van der Waals surface area contributed by atoms with Gasteiger partial charge in [-0.15, -0.1) is 5.98 Å². The summed E-state index contributed by atoms with van der Waals surface area (Å²) in [4.78, 5) is 27.0. The van der Waals surface area contributed by atoms with Crippen LogP contribution in [0.15, 0.2) is 41.4 Å². The van der Waals surface area contributed by atoms with Gasteiger partial charge in [-0.2, -0.15) is 0 Å². The molecule has 11 nitrogen and oxygen atoms in total. The van der Waals surface area contributed by atoms with Gasteiger partial charge in [0.15, 0.2) is 6.23 Å². The number of hydrogen-bond donors (Lipinski definition) is 2. The Morgan fingerprint density at radius 1 is 1.10 bits per heavy atom. The van der Waals surface area contributed by atoms with E-state index in [9.17, 15) is 9.59 Å². The second-order valence-corrected chi connectivity index (χ2v) is 9.50. The van der Waals surface area contributed by atoms with E-state index in [1.54, 1.807) is 24.3 Å². The predicted octanol–water partition coefficient (Wildman–Crippen LogP) is 4.08. The maximum atomic E-state index is 12.4. The van der Waals surface area contributed by atoms with Gasteiger partial charge in [-0.3, -0.25) is 9.59 Å². The number of carbonyl (C=O) groups is 2. The van der Waals surface area contributed by atoms with Gasteiger partial charge in [0, 0.05) is 23.6 Å². The Kier molecular flexibility index (Phi) is 19.0. The fourth-order valence-corrected chi connectivity index (χ4v) is 3.11. The second-order valence-electron chi connectivity index (χ2n) is 9.50. The van der Waals surface area contributed by atoms with E-state index in [0.717, 1.165) is 12.8 Å². The third-order valence-electron chi connectivity index (χ3n) is 5.10. The van der Waals surface area contributed by atoms with Gasteiger partial charge in [0.2, 0.25) is 5.91 Å². The summed E-state index contributed by atoms with van der Waals surface area (Å²) in [5, 5.41) is 9.18. The third-order valence-corrected chi connectivity index (χ3v) is 5.10. The number of rotatable bonds is 22. The van der Waals surface area contributed by atoms with E-state index in [1.807, 2.05) is 12.1 Å². The SMILES string of the molecule is CC(C)[B]/C=C/COCCNC(=O)COCCOC(COc1cccc(C(=O)NCCCC(C)C)c1)N=[N+]=[N-]. The summed E-state index contributed by atoms with van der Waals surface area (Å²) < 4.78 is 21.9. The minimum absolute atomic E-state index is 0.0469. The van der Waals surface area contributed by atoms with Gasteiger partial charge >= 0.3 is 0 Å². The van der Waals surface area contributed by atoms with E-state index in [4.69, 9.17) is 24.5 Å². The number of amides is 2. The Balaban J connectivity index is 2.24. The Morgan fingerprint density at radius 2 is 1.92 bits per heavy atom. The Bertz CT molecular complexity index is 908. The molecule has 0 aliphatic heterocycles. The van der Waals surface area contributed by atoms with Crippen LogP contribution in [0.4, 0.5) is 0 Å². The van der Waals surface area contributed by atoms with Crippen molar-refractivity contribution in [2.75, 3.05) is 52.7 Å². The van der Waals surface area contributed by atoms with Crippen molar-refractivity contribution in [2.45, 2.75) is 52.6 Å². The molecule has 39 heavy (non-hydrogen) atoms. The first kappa shape index (κ1) is 34.0. The van der Waals surface area contributed by atoms with Crippen molar-refractivity contribution in [3.63, 3.8) is 0 Å². The molecule has 1 atom stereocenters. The molecule has 0 aliphatic carbocycles. The summed E-state index contributed by atoms with van der Waals surface area (Å²) in [6, 6.07) is 6.76. The van der Waals surface area contributed by atoms with Gasteiger partial charge in [0.1, 0.15) is 26.2 Å². The third kappa shape index (κ3) is 18.8. The molecule has 0 saturated carbocycles. The quantitative estimate of drug-likeness (QED) is 0.0740. The lowest BCUT2D eigenvalue weighted by Crippen LogP contribution is -2.31. The molecule has 1 radical (unpaired) electrons. The lowest BCUT2D eigenvalue weighted by Gasteiger charge is -2.15. The monoisotopic (exact) mass is 544 g/mol. The molecule has 2 N–H and O–H groups in total. The fourth-order valence-electron chi connectivity index (χ4n) is 3.11. The van der Waals surface area contributed by atoms with E-state index in [2.05, 4.69) is 55.6 Å². The maximum absolute atomic E-state index is 12.4. The maximum Gasteiger partial charge on any atom is 0.251 e. The van der Waals surface area contributed by atoms with Crippen molar-refractivity contribution >= 4 is 19.1 Å². The summed E-state index contributed by atoms with van der Waals surface area (Å²) in [6.07, 6.45) is 2.99. The van der Waals surface area contributed by atoms with E-state index in [-0.39, 0.29) is 38.2 Å². The molecular weight excluding hydrogens is 501 g/mol. The van der Waals surface area contributed by atoms with Crippen LogP contribution in [0.2, 0.25) is 5.82 Å². The predicted molar refractivity (Wildman–Crippen MR) is 152 cm³/mol. The lowest BCUT2D eigenvalue weighted by atomic mass is 9.66. The van der Waals surface area contributed by atoms with Crippen LogP contribution in [-0.4, -0.2) is 78.1 Å². The van der Waals surface area contributed by atoms with Crippen LogP contribution < -0.4 is 15.4 Å². The highest BCUT2D eigenvalue weighted by molar-refractivity contribution is 6.43. The van der Waals surface area contributed by atoms with Gasteiger partial charge in [0.25, 0.3) is 5.91 Å². The molecular formula is C27H43BN5O6. The number of azide groups is 1. The average Bonchev–Trinajstić information content (AvgIpc) is 2.90. The van der Waals surface area contributed by atoms with Crippen molar-refractivity contribution in [3.05, 3.63) is 52.3 Å². The van der Waals surface area contributed by atoms with Crippen LogP contribution in [0.25, 0.3) is 10.4 Å². The Morgan fingerprint density at radius 3 is 2.67 bits per heavy atom.